The minimum absolute atomic E-state index is 0.313. The molecule has 0 aromatic heterocycles. The highest BCUT2D eigenvalue weighted by atomic mass is 16.4. The summed E-state index contributed by atoms with van der Waals surface area (Å²) >= 11 is 0. The molecule has 0 fully saturated rings. The van der Waals surface area contributed by atoms with Crippen molar-refractivity contribution in [3.8, 4) is 6.07 Å². The summed E-state index contributed by atoms with van der Waals surface area (Å²) in [4.78, 5) is 23.0. The van der Waals surface area contributed by atoms with Crippen LogP contribution in [0.5, 0.6) is 0 Å². The molecular weight excluding hydrogens is 246 g/mol. The molecule has 1 rings (SSSR count). The molecule has 5 nitrogen and oxygen atoms in total. The van der Waals surface area contributed by atoms with Gasteiger partial charge in [-0.1, -0.05) is 44.2 Å². The molecule has 0 amide bonds. The van der Waals surface area contributed by atoms with Crippen molar-refractivity contribution >= 4 is 11.9 Å². The van der Waals surface area contributed by atoms with Crippen LogP contribution in [-0.2, 0) is 9.59 Å². The number of aliphatic carboxylic acids is 2. The fraction of sp³-hybridized carbons (Fsp3) is 0.357. The molecule has 0 bridgehead atoms. The van der Waals surface area contributed by atoms with Gasteiger partial charge in [0.05, 0.1) is 6.07 Å². The van der Waals surface area contributed by atoms with Crippen molar-refractivity contribution in [3.05, 3.63) is 35.9 Å². The first-order chi connectivity index (χ1) is 8.87. The quantitative estimate of drug-likeness (QED) is 0.845. The van der Waals surface area contributed by atoms with E-state index < -0.39 is 29.2 Å². The van der Waals surface area contributed by atoms with Crippen LogP contribution in [0.3, 0.4) is 0 Å². The molecule has 2 unspecified atom stereocenters. The third-order valence-electron chi connectivity index (χ3n) is 3.28. The minimum Gasteiger partial charge on any atom is -0.481 e. The third kappa shape index (κ3) is 2.43. The van der Waals surface area contributed by atoms with Crippen molar-refractivity contribution in [2.75, 3.05) is 0 Å². The van der Waals surface area contributed by atoms with Gasteiger partial charge in [-0.05, 0) is 11.5 Å². The average Bonchev–Trinajstić information content (AvgIpc) is 2.35. The zero-order valence-corrected chi connectivity index (χ0v) is 10.7. The van der Waals surface area contributed by atoms with Gasteiger partial charge >= 0.3 is 11.9 Å². The number of carboxylic acid groups (broad SMARTS) is 2. The maximum Gasteiger partial charge on any atom is 0.325 e. The van der Waals surface area contributed by atoms with E-state index in [0.29, 0.717) is 5.56 Å². The molecule has 1 aromatic rings. The number of rotatable bonds is 5. The van der Waals surface area contributed by atoms with Crippen LogP contribution in [0.4, 0.5) is 0 Å². The van der Waals surface area contributed by atoms with Crippen molar-refractivity contribution in [2.24, 2.45) is 11.3 Å². The molecule has 5 heteroatoms. The smallest absolute Gasteiger partial charge is 0.325 e. The number of carboxylic acids is 2. The predicted molar refractivity (Wildman–Crippen MR) is 67.3 cm³/mol. The molecule has 0 heterocycles. The Morgan fingerprint density at radius 3 is 2.05 bits per heavy atom. The Hall–Kier alpha value is -2.35. The Kier molecular flexibility index (Phi) is 4.28. The average molecular weight is 261 g/mol. The van der Waals surface area contributed by atoms with Gasteiger partial charge in [0.2, 0.25) is 0 Å². The highest BCUT2D eigenvalue weighted by Crippen LogP contribution is 2.42. The molecule has 0 spiro atoms. The second kappa shape index (κ2) is 5.53. The predicted octanol–water partition coefficient (Wildman–Crippen LogP) is 2.11. The lowest BCUT2D eigenvalue weighted by Crippen LogP contribution is -2.44. The largest absolute Gasteiger partial charge is 0.481 e. The summed E-state index contributed by atoms with van der Waals surface area (Å²) in [6, 6.07) is 9.70. The molecule has 0 saturated heterocycles. The van der Waals surface area contributed by atoms with Crippen LogP contribution in [0.2, 0.25) is 0 Å². The summed E-state index contributed by atoms with van der Waals surface area (Å²) in [7, 11) is 0. The molecule has 19 heavy (non-hydrogen) atoms. The number of nitriles is 1. The Morgan fingerprint density at radius 1 is 1.21 bits per heavy atom. The highest BCUT2D eigenvalue weighted by Gasteiger charge is 2.53. The van der Waals surface area contributed by atoms with E-state index in [-0.39, 0.29) is 0 Å². The first-order valence-corrected chi connectivity index (χ1v) is 5.80. The van der Waals surface area contributed by atoms with Crippen LogP contribution in [0.1, 0.15) is 25.3 Å². The Bertz CT molecular complexity index is 518. The van der Waals surface area contributed by atoms with Crippen molar-refractivity contribution in [1.29, 1.82) is 5.26 Å². The van der Waals surface area contributed by atoms with Crippen LogP contribution in [0.25, 0.3) is 0 Å². The summed E-state index contributed by atoms with van der Waals surface area (Å²) in [5.41, 5.74) is -1.68. The number of carbonyl (C=O) groups is 2. The Balaban J connectivity index is 3.51. The maximum absolute atomic E-state index is 11.5. The number of benzene rings is 1. The molecule has 0 aliphatic heterocycles. The number of hydrogen-bond donors (Lipinski definition) is 2. The van der Waals surface area contributed by atoms with E-state index in [1.165, 1.54) is 26.0 Å². The lowest BCUT2D eigenvalue weighted by molar-refractivity contribution is -0.157. The van der Waals surface area contributed by atoms with Crippen molar-refractivity contribution in [2.45, 2.75) is 19.8 Å². The molecule has 0 aliphatic rings. The summed E-state index contributed by atoms with van der Waals surface area (Å²) in [6.07, 6.45) is 0. The van der Waals surface area contributed by atoms with E-state index in [4.69, 9.17) is 0 Å². The summed E-state index contributed by atoms with van der Waals surface area (Å²) in [6.45, 7) is 3.08. The zero-order chi connectivity index (χ0) is 14.6. The van der Waals surface area contributed by atoms with Crippen molar-refractivity contribution < 1.29 is 19.8 Å². The zero-order valence-electron chi connectivity index (χ0n) is 10.7. The maximum atomic E-state index is 11.5. The van der Waals surface area contributed by atoms with Crippen LogP contribution < -0.4 is 0 Å². The highest BCUT2D eigenvalue weighted by molar-refractivity contribution is 5.90. The molecule has 0 radical (unpaired) electrons. The molecule has 0 aliphatic carbocycles. The van der Waals surface area contributed by atoms with E-state index in [1.54, 1.807) is 24.3 Å². The van der Waals surface area contributed by atoms with Gasteiger partial charge in [0.25, 0.3) is 0 Å². The first kappa shape index (κ1) is 14.7. The summed E-state index contributed by atoms with van der Waals surface area (Å²) in [5.74, 6) is -4.78. The molecule has 2 N–H and O–H groups in total. The van der Waals surface area contributed by atoms with Gasteiger partial charge in [-0.25, -0.2) is 0 Å². The SMILES string of the molecule is CC(C)C(C#N)(C(=O)O)C(C(=O)O)c1ccccc1. The Morgan fingerprint density at radius 2 is 1.74 bits per heavy atom. The fourth-order valence-electron chi connectivity index (χ4n) is 2.19. The molecular formula is C14H15NO4. The van der Waals surface area contributed by atoms with E-state index in [2.05, 4.69) is 0 Å². The number of hydrogen-bond acceptors (Lipinski definition) is 3. The topological polar surface area (TPSA) is 98.4 Å². The van der Waals surface area contributed by atoms with Crippen LogP contribution in [0.15, 0.2) is 30.3 Å². The van der Waals surface area contributed by atoms with Gasteiger partial charge < -0.3 is 10.2 Å². The van der Waals surface area contributed by atoms with E-state index in [9.17, 15) is 25.1 Å². The summed E-state index contributed by atoms with van der Waals surface area (Å²) in [5, 5.41) is 28.1. The second-order valence-corrected chi connectivity index (χ2v) is 4.62. The van der Waals surface area contributed by atoms with Gasteiger partial charge in [-0.15, -0.1) is 0 Å². The lowest BCUT2D eigenvalue weighted by atomic mass is 9.66. The van der Waals surface area contributed by atoms with E-state index >= 15 is 0 Å². The van der Waals surface area contributed by atoms with Crippen LogP contribution >= 0.6 is 0 Å². The van der Waals surface area contributed by atoms with Gasteiger partial charge in [-0.2, -0.15) is 5.26 Å². The molecule has 2 atom stereocenters. The second-order valence-electron chi connectivity index (χ2n) is 4.62. The number of nitrogens with zero attached hydrogens (tertiary/aromatic N) is 1. The molecule has 100 valence electrons. The lowest BCUT2D eigenvalue weighted by Gasteiger charge is -2.32. The van der Waals surface area contributed by atoms with Gasteiger partial charge in [0.15, 0.2) is 5.41 Å². The van der Waals surface area contributed by atoms with E-state index in [0.717, 1.165) is 0 Å². The van der Waals surface area contributed by atoms with Gasteiger partial charge in [0, 0.05) is 0 Å². The molecule has 1 aromatic carbocycles. The van der Waals surface area contributed by atoms with Crippen molar-refractivity contribution in [3.63, 3.8) is 0 Å². The third-order valence-corrected chi connectivity index (χ3v) is 3.28. The monoisotopic (exact) mass is 261 g/mol. The normalized spacial score (nSPS) is 15.3. The first-order valence-electron chi connectivity index (χ1n) is 5.80. The fourth-order valence-corrected chi connectivity index (χ4v) is 2.19. The standard InChI is InChI=1S/C14H15NO4/c1-9(2)14(8-15,13(18)19)11(12(16)17)10-6-4-3-5-7-10/h3-7,9,11H,1-2H3,(H,16,17)(H,18,19). The van der Waals surface area contributed by atoms with E-state index in [1.807, 2.05) is 0 Å². The van der Waals surface area contributed by atoms with Crippen LogP contribution in [-0.4, -0.2) is 22.2 Å². The van der Waals surface area contributed by atoms with Crippen LogP contribution in [0, 0.1) is 22.7 Å². The van der Waals surface area contributed by atoms with Crippen molar-refractivity contribution in [1.82, 2.24) is 0 Å². The van der Waals surface area contributed by atoms with Gasteiger partial charge in [-0.3, -0.25) is 9.59 Å². The van der Waals surface area contributed by atoms with Gasteiger partial charge in [0.1, 0.15) is 5.92 Å². The minimum atomic E-state index is -1.99. The summed E-state index contributed by atoms with van der Waals surface area (Å²) < 4.78 is 0. The Labute approximate surface area is 111 Å². The molecule has 0 saturated carbocycles.